The summed E-state index contributed by atoms with van der Waals surface area (Å²) in [4.78, 5) is 0. The van der Waals surface area contributed by atoms with E-state index in [2.05, 4.69) is 6.92 Å². The van der Waals surface area contributed by atoms with Gasteiger partial charge in [-0.25, -0.2) is 0 Å². The summed E-state index contributed by atoms with van der Waals surface area (Å²) in [5.41, 5.74) is 0.532. The van der Waals surface area contributed by atoms with E-state index in [1.807, 2.05) is 0 Å². The molecule has 0 heterocycles. The summed E-state index contributed by atoms with van der Waals surface area (Å²) in [6, 6.07) is 5.04. The Morgan fingerprint density at radius 3 is 2.70 bits per heavy atom. The fraction of sp³-hybridized carbons (Fsp3) is 0.125. The largest absolute Gasteiger partial charge is 0.508 e. The number of ether oxygens (including phenoxy) is 1. The lowest BCUT2D eigenvalue weighted by Gasteiger charge is -2.03. The van der Waals surface area contributed by atoms with Gasteiger partial charge in [0.25, 0.3) is 0 Å². The van der Waals surface area contributed by atoms with Crippen LogP contribution in [0.2, 0.25) is 0 Å². The van der Waals surface area contributed by atoms with Crippen LogP contribution in [0.15, 0.2) is 18.2 Å². The van der Waals surface area contributed by atoms with Crippen molar-refractivity contribution in [2.75, 3.05) is 7.11 Å². The molecule has 0 spiro atoms. The molecule has 0 bridgehead atoms. The van der Waals surface area contributed by atoms with Gasteiger partial charge in [0.1, 0.15) is 11.5 Å². The van der Waals surface area contributed by atoms with Crippen molar-refractivity contribution in [1.29, 1.82) is 0 Å². The van der Waals surface area contributed by atoms with E-state index in [9.17, 15) is 0 Å². The molecule has 0 atom stereocenters. The predicted molar refractivity (Wildman–Crippen MR) is 39.1 cm³/mol. The minimum atomic E-state index is 0.166. The maximum Gasteiger partial charge on any atom is 0.125 e. The van der Waals surface area contributed by atoms with Gasteiger partial charge in [0.05, 0.1) is 7.11 Å². The van der Waals surface area contributed by atoms with E-state index in [4.69, 9.17) is 9.84 Å². The van der Waals surface area contributed by atoms with Crippen molar-refractivity contribution >= 4 is 0 Å². The predicted octanol–water partition coefficient (Wildman–Crippen LogP) is 1.58. The second kappa shape index (κ2) is 2.60. The summed E-state index contributed by atoms with van der Waals surface area (Å²) in [6.45, 7) is 3.62. The van der Waals surface area contributed by atoms with Crippen LogP contribution >= 0.6 is 0 Å². The molecule has 0 aliphatic rings. The van der Waals surface area contributed by atoms with Gasteiger partial charge in [-0.15, -0.1) is 0 Å². The van der Waals surface area contributed by atoms with Crippen LogP contribution in [0.5, 0.6) is 11.5 Å². The smallest absolute Gasteiger partial charge is 0.125 e. The Hall–Kier alpha value is -1.18. The lowest BCUT2D eigenvalue weighted by Crippen LogP contribution is -1.85. The summed E-state index contributed by atoms with van der Waals surface area (Å²) >= 11 is 0. The van der Waals surface area contributed by atoms with Gasteiger partial charge in [0, 0.05) is 5.56 Å². The molecule has 0 unspecified atom stereocenters. The first kappa shape index (κ1) is 6.93. The summed E-state index contributed by atoms with van der Waals surface area (Å²) in [5.74, 6) is 0.777. The molecule has 1 rings (SSSR count). The van der Waals surface area contributed by atoms with E-state index in [0.29, 0.717) is 11.3 Å². The maximum atomic E-state index is 9.09. The number of rotatable bonds is 1. The molecule has 1 aromatic rings. The molecule has 0 aliphatic carbocycles. The Balaban J connectivity index is 3.14. The fourth-order valence-electron chi connectivity index (χ4n) is 0.745. The normalized spacial score (nSPS) is 9.40. The average molecular weight is 137 g/mol. The van der Waals surface area contributed by atoms with Crippen LogP contribution in [0, 0.1) is 6.92 Å². The molecule has 53 valence electrons. The van der Waals surface area contributed by atoms with Gasteiger partial charge in [0.2, 0.25) is 0 Å². The van der Waals surface area contributed by atoms with Crippen LogP contribution in [0.25, 0.3) is 0 Å². The molecule has 0 saturated carbocycles. The quantitative estimate of drug-likeness (QED) is 0.636. The highest BCUT2D eigenvalue weighted by molar-refractivity contribution is 5.45. The Morgan fingerprint density at radius 2 is 2.20 bits per heavy atom. The van der Waals surface area contributed by atoms with Crippen molar-refractivity contribution in [3.8, 4) is 11.5 Å². The molecule has 0 amide bonds. The molecule has 0 aromatic heterocycles. The highest BCUT2D eigenvalue weighted by Crippen LogP contribution is 2.24. The van der Waals surface area contributed by atoms with Gasteiger partial charge < -0.3 is 9.84 Å². The maximum absolute atomic E-state index is 9.09. The van der Waals surface area contributed by atoms with Crippen LogP contribution in [0.1, 0.15) is 5.56 Å². The number of methoxy groups -OCH3 is 1. The van der Waals surface area contributed by atoms with Crippen molar-refractivity contribution in [1.82, 2.24) is 0 Å². The van der Waals surface area contributed by atoms with Gasteiger partial charge >= 0.3 is 0 Å². The molecule has 1 aromatic carbocycles. The third-order valence-electron chi connectivity index (χ3n) is 1.33. The van der Waals surface area contributed by atoms with E-state index in [0.717, 1.165) is 0 Å². The first-order valence-corrected chi connectivity index (χ1v) is 2.93. The van der Waals surface area contributed by atoms with E-state index >= 15 is 0 Å². The lowest BCUT2D eigenvalue weighted by atomic mass is 10.2. The third-order valence-corrected chi connectivity index (χ3v) is 1.33. The number of hydrogen-bond acceptors (Lipinski definition) is 2. The van der Waals surface area contributed by atoms with E-state index in [-0.39, 0.29) is 5.75 Å². The fourth-order valence-corrected chi connectivity index (χ4v) is 0.745. The second-order valence-electron chi connectivity index (χ2n) is 1.96. The SMILES string of the molecule is [CH2]c1c(O)cccc1OC. The third kappa shape index (κ3) is 1.05. The summed E-state index contributed by atoms with van der Waals surface area (Å²) < 4.78 is 4.90. The number of benzene rings is 1. The van der Waals surface area contributed by atoms with Gasteiger partial charge in [-0.3, -0.25) is 0 Å². The van der Waals surface area contributed by atoms with Crippen molar-refractivity contribution in [2.45, 2.75) is 0 Å². The van der Waals surface area contributed by atoms with Crippen molar-refractivity contribution in [3.05, 3.63) is 30.7 Å². The Kier molecular flexibility index (Phi) is 1.81. The van der Waals surface area contributed by atoms with Crippen LogP contribution in [-0.2, 0) is 0 Å². The monoisotopic (exact) mass is 137 g/mol. The molecular formula is C8H9O2. The zero-order valence-corrected chi connectivity index (χ0v) is 5.79. The molecule has 2 heteroatoms. The van der Waals surface area contributed by atoms with Gasteiger partial charge in [-0.2, -0.15) is 0 Å². The number of phenols is 1. The molecule has 10 heavy (non-hydrogen) atoms. The van der Waals surface area contributed by atoms with Gasteiger partial charge in [0.15, 0.2) is 0 Å². The minimum Gasteiger partial charge on any atom is -0.508 e. The van der Waals surface area contributed by atoms with Crippen LogP contribution in [-0.4, -0.2) is 12.2 Å². The molecule has 1 radical (unpaired) electrons. The second-order valence-corrected chi connectivity index (χ2v) is 1.96. The van der Waals surface area contributed by atoms with Crippen molar-refractivity contribution in [2.24, 2.45) is 0 Å². The molecule has 0 aliphatic heterocycles. The molecule has 2 nitrogen and oxygen atoms in total. The standard InChI is InChI=1S/C8H9O2/c1-6-7(9)4-3-5-8(6)10-2/h3-5,9H,1H2,2H3. The van der Waals surface area contributed by atoms with Gasteiger partial charge in [-0.05, 0) is 19.1 Å². The minimum absolute atomic E-state index is 0.166. The van der Waals surface area contributed by atoms with E-state index in [1.54, 1.807) is 25.3 Å². The first-order chi connectivity index (χ1) is 4.75. The number of aromatic hydroxyl groups is 1. The zero-order chi connectivity index (χ0) is 7.56. The molecule has 1 N–H and O–H groups in total. The van der Waals surface area contributed by atoms with Gasteiger partial charge in [-0.1, -0.05) is 6.07 Å². The zero-order valence-electron chi connectivity index (χ0n) is 5.79. The highest BCUT2D eigenvalue weighted by Gasteiger charge is 1.99. The van der Waals surface area contributed by atoms with Crippen molar-refractivity contribution in [3.63, 3.8) is 0 Å². The highest BCUT2D eigenvalue weighted by atomic mass is 16.5. The Labute approximate surface area is 60.1 Å². The number of hydrogen-bond donors (Lipinski definition) is 1. The first-order valence-electron chi connectivity index (χ1n) is 2.93. The van der Waals surface area contributed by atoms with Crippen LogP contribution < -0.4 is 4.74 Å². The molecular weight excluding hydrogens is 128 g/mol. The van der Waals surface area contributed by atoms with Crippen molar-refractivity contribution < 1.29 is 9.84 Å². The average Bonchev–Trinajstić information content (AvgIpc) is 1.95. The van der Waals surface area contributed by atoms with Crippen LogP contribution in [0.3, 0.4) is 0 Å². The Bertz CT molecular complexity index is 231. The summed E-state index contributed by atoms with van der Waals surface area (Å²) in [7, 11) is 1.55. The summed E-state index contributed by atoms with van der Waals surface area (Å²) in [5, 5.41) is 9.09. The topological polar surface area (TPSA) is 29.5 Å². The number of phenolic OH excluding ortho intramolecular Hbond substituents is 1. The van der Waals surface area contributed by atoms with E-state index in [1.165, 1.54) is 0 Å². The molecule has 0 fully saturated rings. The van der Waals surface area contributed by atoms with E-state index < -0.39 is 0 Å². The molecule has 0 saturated heterocycles. The van der Waals surface area contributed by atoms with Crippen LogP contribution in [0.4, 0.5) is 0 Å². The Morgan fingerprint density at radius 1 is 1.50 bits per heavy atom. The lowest BCUT2D eigenvalue weighted by molar-refractivity contribution is 0.405. The summed E-state index contributed by atoms with van der Waals surface area (Å²) in [6.07, 6.45) is 0.